The normalized spacial score (nSPS) is 24.6. The quantitative estimate of drug-likeness (QED) is 0.566. The first-order valence-electron chi connectivity index (χ1n) is 3.32. The van der Waals surface area contributed by atoms with Crippen molar-refractivity contribution in [1.82, 2.24) is 10.4 Å². The fourth-order valence-corrected chi connectivity index (χ4v) is 0.890. The smallest absolute Gasteiger partial charge is 0.0642 e. The molecule has 0 aromatic rings. The van der Waals surface area contributed by atoms with Gasteiger partial charge in [-0.05, 0) is 20.8 Å². The third-order valence-corrected chi connectivity index (χ3v) is 1.63. The van der Waals surface area contributed by atoms with Gasteiger partial charge in [0, 0.05) is 12.7 Å². The standard InChI is InChI=1S/C7H14N2/c1-4-5-9-7(2,3)6-8-9/h4-5,8H,6H2,1-3H3/b5-4-. The minimum absolute atomic E-state index is 0.326. The molecular formula is C7H14N2. The number of hydrogen-bond acceptors (Lipinski definition) is 2. The van der Waals surface area contributed by atoms with Gasteiger partial charge in [0.1, 0.15) is 0 Å². The van der Waals surface area contributed by atoms with Gasteiger partial charge >= 0.3 is 0 Å². The summed E-state index contributed by atoms with van der Waals surface area (Å²) in [5.74, 6) is 0. The van der Waals surface area contributed by atoms with E-state index in [1.807, 2.05) is 13.0 Å². The molecule has 1 aliphatic rings. The zero-order chi connectivity index (χ0) is 6.91. The number of hydrazine groups is 1. The van der Waals surface area contributed by atoms with E-state index in [0.717, 1.165) is 6.54 Å². The fraction of sp³-hybridized carbons (Fsp3) is 0.714. The Morgan fingerprint density at radius 3 is 2.33 bits per heavy atom. The van der Waals surface area contributed by atoms with Gasteiger partial charge in [-0.2, -0.15) is 0 Å². The van der Waals surface area contributed by atoms with Gasteiger partial charge in [0.25, 0.3) is 0 Å². The lowest BCUT2D eigenvalue weighted by atomic mass is 10.0. The van der Waals surface area contributed by atoms with Crippen LogP contribution in [0.2, 0.25) is 0 Å². The fourth-order valence-electron chi connectivity index (χ4n) is 0.890. The largest absolute Gasteiger partial charge is 0.309 e. The minimum atomic E-state index is 0.326. The first-order chi connectivity index (χ1) is 4.17. The lowest BCUT2D eigenvalue weighted by Gasteiger charge is -2.48. The first-order valence-corrected chi connectivity index (χ1v) is 3.32. The van der Waals surface area contributed by atoms with Crippen molar-refractivity contribution in [1.29, 1.82) is 0 Å². The molecule has 1 fully saturated rings. The van der Waals surface area contributed by atoms with Gasteiger partial charge in [-0.15, -0.1) is 0 Å². The van der Waals surface area contributed by atoms with Crippen molar-refractivity contribution in [2.75, 3.05) is 6.54 Å². The molecule has 0 saturated carbocycles. The molecule has 1 aliphatic heterocycles. The predicted molar refractivity (Wildman–Crippen MR) is 38.7 cm³/mol. The molecule has 0 spiro atoms. The summed E-state index contributed by atoms with van der Waals surface area (Å²) in [6, 6.07) is 0. The van der Waals surface area contributed by atoms with Crippen LogP contribution in [-0.2, 0) is 0 Å². The van der Waals surface area contributed by atoms with E-state index in [0.29, 0.717) is 5.54 Å². The van der Waals surface area contributed by atoms with E-state index < -0.39 is 0 Å². The van der Waals surface area contributed by atoms with Gasteiger partial charge in [-0.25, -0.2) is 5.43 Å². The predicted octanol–water partition coefficient (Wildman–Crippen LogP) is 1.12. The first kappa shape index (κ1) is 6.62. The van der Waals surface area contributed by atoms with E-state index in [2.05, 4.69) is 30.5 Å². The maximum Gasteiger partial charge on any atom is 0.0642 e. The van der Waals surface area contributed by atoms with Crippen LogP contribution < -0.4 is 5.43 Å². The Hall–Kier alpha value is -0.500. The molecule has 0 aliphatic carbocycles. The summed E-state index contributed by atoms with van der Waals surface area (Å²) >= 11 is 0. The minimum Gasteiger partial charge on any atom is -0.309 e. The number of allylic oxidation sites excluding steroid dienone is 1. The van der Waals surface area contributed by atoms with Crippen molar-refractivity contribution in [3.8, 4) is 0 Å². The third-order valence-electron chi connectivity index (χ3n) is 1.63. The Morgan fingerprint density at radius 1 is 1.56 bits per heavy atom. The maximum atomic E-state index is 3.18. The summed E-state index contributed by atoms with van der Waals surface area (Å²) in [5.41, 5.74) is 3.51. The lowest BCUT2D eigenvalue weighted by molar-refractivity contribution is 0.0101. The van der Waals surface area contributed by atoms with Gasteiger partial charge in [0.2, 0.25) is 0 Å². The summed E-state index contributed by atoms with van der Waals surface area (Å²) < 4.78 is 0. The van der Waals surface area contributed by atoms with Gasteiger partial charge in [0.15, 0.2) is 0 Å². The van der Waals surface area contributed by atoms with Crippen molar-refractivity contribution in [2.45, 2.75) is 26.3 Å². The molecule has 2 heteroatoms. The Balaban J connectivity index is 2.45. The second-order valence-corrected chi connectivity index (χ2v) is 3.00. The topological polar surface area (TPSA) is 15.3 Å². The summed E-state index contributed by atoms with van der Waals surface area (Å²) in [5, 5.41) is 2.12. The van der Waals surface area contributed by atoms with Crippen LogP contribution >= 0.6 is 0 Å². The zero-order valence-corrected chi connectivity index (χ0v) is 6.31. The third kappa shape index (κ3) is 1.08. The van der Waals surface area contributed by atoms with E-state index in [4.69, 9.17) is 0 Å². The van der Waals surface area contributed by atoms with Gasteiger partial charge in [-0.1, -0.05) is 6.08 Å². The Bertz CT molecular complexity index is 127. The number of hydrogen-bond donors (Lipinski definition) is 1. The van der Waals surface area contributed by atoms with Gasteiger partial charge < -0.3 is 5.01 Å². The molecule has 1 saturated heterocycles. The average Bonchev–Trinajstić information content (AvgIpc) is 1.81. The van der Waals surface area contributed by atoms with Crippen LogP contribution in [0.1, 0.15) is 20.8 Å². The Kier molecular flexibility index (Phi) is 1.49. The molecule has 1 heterocycles. The Labute approximate surface area is 56.5 Å². The van der Waals surface area contributed by atoms with Crippen molar-refractivity contribution >= 4 is 0 Å². The molecule has 0 aromatic heterocycles. The van der Waals surface area contributed by atoms with Gasteiger partial charge in [-0.3, -0.25) is 0 Å². The summed E-state index contributed by atoms with van der Waals surface area (Å²) in [7, 11) is 0. The highest BCUT2D eigenvalue weighted by Crippen LogP contribution is 2.18. The number of nitrogens with zero attached hydrogens (tertiary/aromatic N) is 1. The maximum absolute atomic E-state index is 3.18. The molecule has 0 atom stereocenters. The second kappa shape index (κ2) is 2.03. The lowest BCUT2D eigenvalue weighted by Crippen LogP contribution is -2.66. The molecule has 0 unspecified atom stereocenters. The van der Waals surface area contributed by atoms with Crippen LogP contribution in [-0.4, -0.2) is 17.1 Å². The van der Waals surface area contributed by atoms with E-state index in [1.54, 1.807) is 0 Å². The van der Waals surface area contributed by atoms with Crippen LogP contribution in [0.4, 0.5) is 0 Å². The van der Waals surface area contributed by atoms with E-state index in [1.165, 1.54) is 0 Å². The van der Waals surface area contributed by atoms with E-state index in [-0.39, 0.29) is 0 Å². The second-order valence-electron chi connectivity index (χ2n) is 3.00. The van der Waals surface area contributed by atoms with Crippen molar-refractivity contribution in [3.05, 3.63) is 12.3 Å². The highest BCUT2D eigenvalue weighted by Gasteiger charge is 2.32. The summed E-state index contributed by atoms with van der Waals surface area (Å²) in [6.07, 6.45) is 4.09. The van der Waals surface area contributed by atoms with Crippen LogP contribution in [0.15, 0.2) is 12.3 Å². The van der Waals surface area contributed by atoms with Crippen molar-refractivity contribution < 1.29 is 0 Å². The van der Waals surface area contributed by atoms with Crippen LogP contribution in [0.5, 0.6) is 0 Å². The molecule has 0 aromatic carbocycles. The number of rotatable bonds is 1. The summed E-state index contributed by atoms with van der Waals surface area (Å²) in [4.78, 5) is 0. The van der Waals surface area contributed by atoms with Crippen LogP contribution in [0.25, 0.3) is 0 Å². The zero-order valence-electron chi connectivity index (χ0n) is 6.31. The number of nitrogens with one attached hydrogen (secondary N) is 1. The molecule has 52 valence electrons. The van der Waals surface area contributed by atoms with Crippen LogP contribution in [0, 0.1) is 0 Å². The highest BCUT2D eigenvalue weighted by molar-refractivity contribution is 4.96. The van der Waals surface area contributed by atoms with Crippen molar-refractivity contribution in [2.24, 2.45) is 0 Å². The Morgan fingerprint density at radius 2 is 2.22 bits per heavy atom. The van der Waals surface area contributed by atoms with Crippen molar-refractivity contribution in [3.63, 3.8) is 0 Å². The average molecular weight is 126 g/mol. The summed E-state index contributed by atoms with van der Waals surface area (Å²) in [6.45, 7) is 7.53. The monoisotopic (exact) mass is 126 g/mol. The highest BCUT2D eigenvalue weighted by atomic mass is 15.6. The van der Waals surface area contributed by atoms with E-state index >= 15 is 0 Å². The molecular weight excluding hydrogens is 112 g/mol. The SMILES string of the molecule is C/C=C\N1NCC1(C)C. The molecule has 2 nitrogen and oxygen atoms in total. The molecule has 1 N–H and O–H groups in total. The van der Waals surface area contributed by atoms with E-state index in [9.17, 15) is 0 Å². The molecule has 0 radical (unpaired) electrons. The van der Waals surface area contributed by atoms with Gasteiger partial charge in [0.05, 0.1) is 5.54 Å². The van der Waals surface area contributed by atoms with Crippen LogP contribution in [0.3, 0.4) is 0 Å². The molecule has 0 bridgehead atoms. The molecule has 0 amide bonds. The molecule has 1 rings (SSSR count). The molecule has 9 heavy (non-hydrogen) atoms.